The van der Waals surface area contributed by atoms with E-state index in [0.29, 0.717) is 13.2 Å². The highest BCUT2D eigenvalue weighted by Crippen LogP contribution is 2.37. The van der Waals surface area contributed by atoms with Crippen LogP contribution in [-0.4, -0.2) is 18.2 Å². The predicted octanol–water partition coefficient (Wildman–Crippen LogP) is 1.90. The highest BCUT2D eigenvalue weighted by molar-refractivity contribution is 5.50. The molecule has 4 heteroatoms. The molecule has 1 aliphatic heterocycles. The second-order valence-electron chi connectivity index (χ2n) is 4.14. The number of fused-ring (bicyclic) bond motifs is 1. The summed E-state index contributed by atoms with van der Waals surface area (Å²) in [6, 6.07) is 9.37. The van der Waals surface area contributed by atoms with Gasteiger partial charge in [0.1, 0.15) is 13.2 Å². The van der Waals surface area contributed by atoms with Gasteiger partial charge in [0.25, 0.3) is 0 Å². The zero-order valence-corrected chi connectivity index (χ0v) is 9.87. The number of aromatic nitrogens is 1. The molecule has 1 aromatic heterocycles. The molecular weight excluding hydrogens is 228 g/mol. The Morgan fingerprint density at radius 1 is 1.11 bits per heavy atom. The zero-order valence-electron chi connectivity index (χ0n) is 9.87. The third-order valence-electron chi connectivity index (χ3n) is 2.98. The first-order valence-corrected chi connectivity index (χ1v) is 5.90. The topological polar surface area (TPSA) is 57.4 Å². The van der Waals surface area contributed by atoms with Crippen molar-refractivity contribution in [2.45, 2.75) is 6.04 Å². The fraction of sp³-hybridized carbons (Fsp3) is 0.214. The van der Waals surface area contributed by atoms with Crippen molar-refractivity contribution < 1.29 is 9.47 Å². The molecule has 0 saturated heterocycles. The number of rotatable bonds is 2. The fourth-order valence-electron chi connectivity index (χ4n) is 2.08. The first-order valence-electron chi connectivity index (χ1n) is 5.90. The van der Waals surface area contributed by atoms with Gasteiger partial charge in [-0.3, -0.25) is 4.98 Å². The van der Waals surface area contributed by atoms with Crippen molar-refractivity contribution in [3.05, 3.63) is 53.9 Å². The molecule has 3 rings (SSSR count). The highest BCUT2D eigenvalue weighted by atomic mass is 16.6. The first-order chi connectivity index (χ1) is 8.86. The summed E-state index contributed by atoms with van der Waals surface area (Å²) in [6.45, 7) is 1.14. The quantitative estimate of drug-likeness (QED) is 0.873. The zero-order chi connectivity index (χ0) is 12.4. The van der Waals surface area contributed by atoms with E-state index in [9.17, 15) is 0 Å². The normalized spacial score (nSPS) is 15.2. The second kappa shape index (κ2) is 4.66. The van der Waals surface area contributed by atoms with Crippen LogP contribution in [0.1, 0.15) is 17.2 Å². The number of nitrogens with zero attached hydrogens (tertiary/aromatic N) is 1. The third kappa shape index (κ3) is 1.91. The average molecular weight is 242 g/mol. The summed E-state index contributed by atoms with van der Waals surface area (Å²) in [7, 11) is 0. The minimum absolute atomic E-state index is 0.254. The molecule has 1 unspecified atom stereocenters. The molecule has 0 amide bonds. The lowest BCUT2D eigenvalue weighted by Crippen LogP contribution is -2.20. The number of benzene rings is 1. The summed E-state index contributed by atoms with van der Waals surface area (Å²) >= 11 is 0. The van der Waals surface area contributed by atoms with Crippen LogP contribution < -0.4 is 15.2 Å². The van der Waals surface area contributed by atoms with Crippen molar-refractivity contribution in [3.8, 4) is 11.5 Å². The van der Waals surface area contributed by atoms with Crippen LogP contribution in [0.15, 0.2) is 42.7 Å². The molecule has 0 saturated carbocycles. The SMILES string of the molecule is NC(c1cccnc1)c1cccc2c1OCCO2. The van der Waals surface area contributed by atoms with E-state index in [1.54, 1.807) is 12.4 Å². The van der Waals surface area contributed by atoms with Crippen molar-refractivity contribution in [2.75, 3.05) is 13.2 Å². The molecule has 1 atom stereocenters. The van der Waals surface area contributed by atoms with Crippen molar-refractivity contribution in [1.29, 1.82) is 0 Å². The Morgan fingerprint density at radius 2 is 2.00 bits per heavy atom. The van der Waals surface area contributed by atoms with Gasteiger partial charge in [-0.1, -0.05) is 18.2 Å². The van der Waals surface area contributed by atoms with Gasteiger partial charge in [0.15, 0.2) is 11.5 Å². The maximum absolute atomic E-state index is 6.26. The largest absolute Gasteiger partial charge is 0.486 e. The number of ether oxygens (including phenoxy) is 2. The van der Waals surface area contributed by atoms with Crippen molar-refractivity contribution in [3.63, 3.8) is 0 Å². The van der Waals surface area contributed by atoms with Gasteiger partial charge in [-0.2, -0.15) is 0 Å². The van der Waals surface area contributed by atoms with Crippen LogP contribution in [0.2, 0.25) is 0 Å². The van der Waals surface area contributed by atoms with Gasteiger partial charge in [0.05, 0.1) is 6.04 Å². The summed E-state index contributed by atoms with van der Waals surface area (Å²) in [5.74, 6) is 1.51. The molecule has 1 aliphatic rings. The minimum atomic E-state index is -0.254. The summed E-state index contributed by atoms with van der Waals surface area (Å²) in [5.41, 5.74) is 8.15. The maximum Gasteiger partial charge on any atom is 0.166 e. The molecule has 2 N–H and O–H groups in total. The van der Waals surface area contributed by atoms with Crippen LogP contribution in [0.4, 0.5) is 0 Å². The van der Waals surface area contributed by atoms with Crippen LogP contribution in [0, 0.1) is 0 Å². The minimum Gasteiger partial charge on any atom is -0.486 e. The Hall–Kier alpha value is -2.07. The number of hydrogen-bond acceptors (Lipinski definition) is 4. The number of nitrogens with two attached hydrogens (primary N) is 1. The van der Waals surface area contributed by atoms with Crippen molar-refractivity contribution in [1.82, 2.24) is 4.98 Å². The predicted molar refractivity (Wildman–Crippen MR) is 67.7 cm³/mol. The lowest BCUT2D eigenvalue weighted by atomic mass is 9.99. The van der Waals surface area contributed by atoms with E-state index in [4.69, 9.17) is 15.2 Å². The summed E-state index contributed by atoms with van der Waals surface area (Å²) in [5, 5.41) is 0. The van der Waals surface area contributed by atoms with Crippen LogP contribution in [-0.2, 0) is 0 Å². The van der Waals surface area contributed by atoms with Crippen LogP contribution >= 0.6 is 0 Å². The van der Waals surface area contributed by atoms with Gasteiger partial charge in [-0.05, 0) is 17.7 Å². The Balaban J connectivity index is 2.02. The fourth-order valence-corrected chi connectivity index (χ4v) is 2.08. The van der Waals surface area contributed by atoms with E-state index in [-0.39, 0.29) is 6.04 Å². The summed E-state index contributed by atoms with van der Waals surface area (Å²) in [4.78, 5) is 4.09. The molecule has 1 aromatic carbocycles. The molecule has 0 aliphatic carbocycles. The molecule has 2 aromatic rings. The van der Waals surface area contributed by atoms with E-state index in [0.717, 1.165) is 22.6 Å². The Bertz CT molecular complexity index is 543. The molecule has 92 valence electrons. The van der Waals surface area contributed by atoms with E-state index >= 15 is 0 Å². The van der Waals surface area contributed by atoms with Gasteiger partial charge < -0.3 is 15.2 Å². The van der Waals surface area contributed by atoms with Crippen molar-refractivity contribution >= 4 is 0 Å². The van der Waals surface area contributed by atoms with E-state index in [1.165, 1.54) is 0 Å². The lowest BCUT2D eigenvalue weighted by Gasteiger charge is -2.23. The second-order valence-corrected chi connectivity index (χ2v) is 4.14. The Morgan fingerprint density at radius 3 is 2.83 bits per heavy atom. The molecule has 2 heterocycles. The molecule has 0 bridgehead atoms. The third-order valence-corrected chi connectivity index (χ3v) is 2.98. The number of hydrogen-bond donors (Lipinski definition) is 1. The van der Waals surface area contributed by atoms with Gasteiger partial charge in [0, 0.05) is 18.0 Å². The van der Waals surface area contributed by atoms with Gasteiger partial charge in [-0.15, -0.1) is 0 Å². The van der Waals surface area contributed by atoms with E-state index in [1.807, 2.05) is 30.3 Å². The van der Waals surface area contributed by atoms with Gasteiger partial charge in [-0.25, -0.2) is 0 Å². The van der Waals surface area contributed by atoms with Crippen molar-refractivity contribution in [2.24, 2.45) is 5.73 Å². The summed E-state index contributed by atoms with van der Waals surface area (Å²) in [6.07, 6.45) is 3.50. The van der Waals surface area contributed by atoms with Crippen LogP contribution in [0.5, 0.6) is 11.5 Å². The monoisotopic (exact) mass is 242 g/mol. The first kappa shape index (κ1) is 11.0. The smallest absolute Gasteiger partial charge is 0.166 e. The highest BCUT2D eigenvalue weighted by Gasteiger charge is 2.20. The van der Waals surface area contributed by atoms with E-state index in [2.05, 4.69) is 4.98 Å². The number of pyridine rings is 1. The van der Waals surface area contributed by atoms with E-state index < -0.39 is 0 Å². The maximum atomic E-state index is 6.26. The van der Waals surface area contributed by atoms with Gasteiger partial charge in [0.2, 0.25) is 0 Å². The molecule has 0 spiro atoms. The molecule has 0 fully saturated rings. The Labute approximate surface area is 105 Å². The molecule has 4 nitrogen and oxygen atoms in total. The number of para-hydroxylation sites is 1. The lowest BCUT2D eigenvalue weighted by molar-refractivity contribution is 0.169. The van der Waals surface area contributed by atoms with Crippen LogP contribution in [0.3, 0.4) is 0 Å². The summed E-state index contributed by atoms with van der Waals surface area (Å²) < 4.78 is 11.2. The average Bonchev–Trinajstić information content (AvgIpc) is 2.47. The van der Waals surface area contributed by atoms with Crippen LogP contribution in [0.25, 0.3) is 0 Å². The Kier molecular flexibility index (Phi) is 2.86. The van der Waals surface area contributed by atoms with Gasteiger partial charge >= 0.3 is 0 Å². The standard InChI is InChI=1S/C14H14N2O2/c15-13(10-3-2-6-16-9-10)11-4-1-5-12-14(11)18-8-7-17-12/h1-6,9,13H,7-8,15H2. The molecular formula is C14H14N2O2. The molecule has 0 radical (unpaired) electrons. The molecule has 18 heavy (non-hydrogen) atoms.